The third-order valence-corrected chi connectivity index (χ3v) is 7.15. The van der Waals surface area contributed by atoms with Crippen LogP contribution in [0.2, 0.25) is 0 Å². The molecule has 1 saturated heterocycles. The average molecular weight is 536 g/mol. The number of alkyl halides is 3. The molecule has 37 heavy (non-hydrogen) atoms. The van der Waals surface area contributed by atoms with Gasteiger partial charge in [-0.05, 0) is 35.4 Å². The molecular weight excluding hydrogens is 515 g/mol. The molecule has 2 heterocycles. The van der Waals surface area contributed by atoms with Crippen LogP contribution in [0.4, 0.5) is 13.2 Å². The molecule has 4 rings (SSSR count). The van der Waals surface area contributed by atoms with Gasteiger partial charge in [0, 0.05) is 11.3 Å². The zero-order chi connectivity index (χ0) is 26.9. The van der Waals surface area contributed by atoms with Gasteiger partial charge in [-0.1, -0.05) is 30.3 Å². The Hall–Kier alpha value is -3.84. The van der Waals surface area contributed by atoms with E-state index in [1.54, 1.807) is 30.3 Å². The average Bonchev–Trinajstić information content (AvgIpc) is 2.86. The maximum absolute atomic E-state index is 12.8. The van der Waals surface area contributed by atoms with E-state index in [0.29, 0.717) is 12.1 Å². The Morgan fingerprint density at radius 1 is 1.08 bits per heavy atom. The van der Waals surface area contributed by atoms with Crippen molar-refractivity contribution in [2.75, 3.05) is 12.3 Å². The summed E-state index contributed by atoms with van der Waals surface area (Å²) in [5, 5.41) is 22.1. The molecule has 0 aromatic heterocycles. The van der Waals surface area contributed by atoms with E-state index in [1.807, 2.05) is 0 Å². The topological polar surface area (TPSA) is 127 Å². The first-order valence-corrected chi connectivity index (χ1v) is 11.9. The van der Waals surface area contributed by atoms with E-state index in [-0.39, 0.29) is 28.4 Å². The Labute approximate surface area is 212 Å². The number of fused-ring (bicyclic) bond motifs is 1. The van der Waals surface area contributed by atoms with Crippen LogP contribution < -0.4 is 5.32 Å². The van der Waals surface area contributed by atoms with Gasteiger partial charge in [-0.3, -0.25) is 24.5 Å². The lowest BCUT2D eigenvalue weighted by Gasteiger charge is -2.49. The number of hydrogen-bond donors (Lipinski definition) is 3. The number of benzene rings is 2. The molecule has 2 aliphatic heterocycles. The molecule has 0 bridgehead atoms. The summed E-state index contributed by atoms with van der Waals surface area (Å²) < 4.78 is 38.2. The minimum Gasteiger partial charge on any atom is -0.477 e. The van der Waals surface area contributed by atoms with Gasteiger partial charge in [0.2, 0.25) is 5.91 Å². The quantitative estimate of drug-likeness (QED) is 0.283. The van der Waals surface area contributed by atoms with E-state index in [2.05, 4.69) is 5.32 Å². The fourth-order valence-corrected chi connectivity index (χ4v) is 5.35. The monoisotopic (exact) mass is 535 g/mol. The number of rotatable bonds is 7. The van der Waals surface area contributed by atoms with E-state index in [0.717, 1.165) is 34.4 Å². The van der Waals surface area contributed by atoms with Crippen molar-refractivity contribution in [3.05, 3.63) is 82.6 Å². The predicted molar refractivity (Wildman–Crippen MR) is 124 cm³/mol. The molecule has 2 aromatic rings. The summed E-state index contributed by atoms with van der Waals surface area (Å²) in [6, 6.07) is 11.1. The van der Waals surface area contributed by atoms with Gasteiger partial charge in [-0.25, -0.2) is 9.86 Å². The third-order valence-electron chi connectivity index (χ3n) is 5.81. The highest BCUT2D eigenvalue weighted by Gasteiger charge is 2.54. The third kappa shape index (κ3) is 5.47. The number of hydroxylamine groups is 2. The molecule has 2 aliphatic rings. The van der Waals surface area contributed by atoms with Crippen molar-refractivity contribution in [2.45, 2.75) is 24.0 Å². The fourth-order valence-electron chi connectivity index (χ4n) is 4.01. The SMILES string of the molecule is O=C(Cc1ccccc1)N[C@@H]1C(=O)N2C(C(=O)O)=C(CN(O)C(=O)c3ccc(C(F)(F)F)cc3)CS[C@H]12. The highest BCUT2D eigenvalue weighted by atomic mass is 32.2. The van der Waals surface area contributed by atoms with E-state index >= 15 is 0 Å². The molecule has 0 spiro atoms. The van der Waals surface area contributed by atoms with Crippen LogP contribution in [-0.2, 0) is 27.0 Å². The molecule has 0 radical (unpaired) electrons. The molecule has 3 N–H and O–H groups in total. The zero-order valence-corrected chi connectivity index (χ0v) is 19.8. The van der Waals surface area contributed by atoms with E-state index in [1.165, 1.54) is 0 Å². The lowest BCUT2D eigenvalue weighted by atomic mass is 10.0. The molecule has 0 aliphatic carbocycles. The second-order valence-corrected chi connectivity index (χ2v) is 9.42. The standard InChI is InChI=1S/C24H20F3N3O6S/c25-24(26,27)16-8-6-14(7-9-16)20(32)29(36)11-15-12-37-22-18(21(33)30(22)19(15)23(34)35)28-17(31)10-13-4-2-1-3-5-13/h1-9,18,22,36H,10-12H2,(H,28,31)(H,34,35)/t18-,22-/m1/s1. The molecule has 9 nitrogen and oxygen atoms in total. The van der Waals surface area contributed by atoms with Crippen molar-refractivity contribution >= 4 is 35.5 Å². The molecular formula is C24H20F3N3O6S. The van der Waals surface area contributed by atoms with Gasteiger partial charge < -0.3 is 10.4 Å². The van der Waals surface area contributed by atoms with Crippen LogP contribution in [0.25, 0.3) is 0 Å². The van der Waals surface area contributed by atoms with Crippen LogP contribution in [-0.4, -0.2) is 67.7 Å². The highest BCUT2D eigenvalue weighted by molar-refractivity contribution is 8.00. The number of amides is 3. The fraction of sp³-hybridized carbons (Fsp3) is 0.250. The summed E-state index contributed by atoms with van der Waals surface area (Å²) in [4.78, 5) is 50.6. The first-order chi connectivity index (χ1) is 17.5. The number of aliphatic carboxylic acids is 1. The van der Waals surface area contributed by atoms with Crippen LogP contribution in [0, 0.1) is 0 Å². The Morgan fingerprint density at radius 3 is 2.32 bits per heavy atom. The van der Waals surface area contributed by atoms with Crippen molar-refractivity contribution in [1.82, 2.24) is 15.3 Å². The zero-order valence-electron chi connectivity index (χ0n) is 18.9. The molecule has 194 valence electrons. The van der Waals surface area contributed by atoms with Crippen LogP contribution in [0.5, 0.6) is 0 Å². The molecule has 2 atom stereocenters. The Kier molecular flexibility index (Phi) is 7.28. The second-order valence-electron chi connectivity index (χ2n) is 8.31. The van der Waals surface area contributed by atoms with Gasteiger partial charge in [0.1, 0.15) is 17.1 Å². The second kappa shape index (κ2) is 10.3. The van der Waals surface area contributed by atoms with Crippen molar-refractivity contribution in [3.8, 4) is 0 Å². The molecule has 13 heteroatoms. The van der Waals surface area contributed by atoms with Crippen LogP contribution >= 0.6 is 11.8 Å². The summed E-state index contributed by atoms with van der Waals surface area (Å²) in [6.45, 7) is -0.587. The van der Waals surface area contributed by atoms with E-state index < -0.39 is 59.1 Å². The number of carboxylic acids is 1. The highest BCUT2D eigenvalue weighted by Crippen LogP contribution is 2.40. The van der Waals surface area contributed by atoms with E-state index in [9.17, 15) is 42.7 Å². The summed E-state index contributed by atoms with van der Waals surface area (Å²) in [5.41, 5.74) is -0.828. The van der Waals surface area contributed by atoms with Gasteiger partial charge >= 0.3 is 12.1 Å². The van der Waals surface area contributed by atoms with Gasteiger partial charge in [0.15, 0.2) is 0 Å². The normalized spacial score (nSPS) is 19.1. The van der Waals surface area contributed by atoms with Crippen molar-refractivity contribution in [3.63, 3.8) is 0 Å². The van der Waals surface area contributed by atoms with Crippen LogP contribution in [0.3, 0.4) is 0 Å². The Morgan fingerprint density at radius 2 is 1.73 bits per heavy atom. The number of thioether (sulfide) groups is 1. The van der Waals surface area contributed by atoms with Crippen molar-refractivity contribution in [2.24, 2.45) is 0 Å². The molecule has 0 saturated carbocycles. The van der Waals surface area contributed by atoms with Gasteiger partial charge in [-0.2, -0.15) is 13.2 Å². The molecule has 3 amide bonds. The maximum Gasteiger partial charge on any atom is 0.416 e. The molecule has 1 fully saturated rings. The molecule has 0 unspecified atom stereocenters. The number of hydrogen-bond acceptors (Lipinski definition) is 6. The maximum atomic E-state index is 12.8. The smallest absolute Gasteiger partial charge is 0.416 e. The lowest BCUT2D eigenvalue weighted by molar-refractivity contribution is -0.150. The number of β-lactam (4-membered cyclic amide) rings is 1. The number of carbonyl (C=O) groups is 4. The van der Waals surface area contributed by atoms with Crippen molar-refractivity contribution in [1.29, 1.82) is 0 Å². The van der Waals surface area contributed by atoms with Crippen LogP contribution in [0.1, 0.15) is 21.5 Å². The summed E-state index contributed by atoms with van der Waals surface area (Å²) in [5.74, 6) is -3.53. The molecule has 2 aromatic carbocycles. The number of carboxylic acid groups (broad SMARTS) is 1. The van der Waals surface area contributed by atoms with Gasteiger partial charge in [0.05, 0.1) is 18.5 Å². The Bertz CT molecular complexity index is 1270. The minimum atomic E-state index is -4.60. The summed E-state index contributed by atoms with van der Waals surface area (Å²) in [6.07, 6.45) is -4.55. The number of nitrogens with one attached hydrogen (secondary N) is 1. The van der Waals surface area contributed by atoms with Crippen molar-refractivity contribution < 1.29 is 42.7 Å². The van der Waals surface area contributed by atoms with Gasteiger partial charge in [-0.15, -0.1) is 11.8 Å². The van der Waals surface area contributed by atoms with E-state index in [4.69, 9.17) is 0 Å². The predicted octanol–water partition coefficient (Wildman–Crippen LogP) is 2.52. The first kappa shape index (κ1) is 26.2. The summed E-state index contributed by atoms with van der Waals surface area (Å²) >= 11 is 1.15. The lowest BCUT2D eigenvalue weighted by Crippen LogP contribution is -2.70. The number of halogens is 3. The first-order valence-electron chi connectivity index (χ1n) is 10.9. The van der Waals surface area contributed by atoms with Crippen LogP contribution in [0.15, 0.2) is 65.9 Å². The minimum absolute atomic E-state index is 0.0263. The largest absolute Gasteiger partial charge is 0.477 e. The number of carbonyl (C=O) groups excluding carboxylic acids is 3. The summed E-state index contributed by atoms with van der Waals surface area (Å²) in [7, 11) is 0. The number of nitrogens with zero attached hydrogens (tertiary/aromatic N) is 2. The Balaban J connectivity index is 1.44. The van der Waals surface area contributed by atoms with Gasteiger partial charge in [0.25, 0.3) is 11.8 Å².